The van der Waals surface area contributed by atoms with E-state index in [0.29, 0.717) is 11.0 Å². The van der Waals surface area contributed by atoms with Crippen molar-refractivity contribution in [3.8, 4) is 0 Å². The molecule has 146 valence electrons. The maximum atomic E-state index is 13.5. The minimum absolute atomic E-state index is 0.285. The van der Waals surface area contributed by atoms with Crippen LogP contribution in [0.5, 0.6) is 0 Å². The number of aryl methyl sites for hydroxylation is 1. The van der Waals surface area contributed by atoms with Crippen molar-refractivity contribution in [2.45, 2.75) is 50.3 Å². The summed E-state index contributed by atoms with van der Waals surface area (Å²) in [7, 11) is -3.72. The SMILES string of the molecule is CCCCCCCc1occ2c3ccccc3n(S(=O)(=O)c3ccccc3)c12. The van der Waals surface area contributed by atoms with E-state index in [9.17, 15) is 8.42 Å². The molecule has 5 heteroatoms. The molecule has 0 N–H and O–H groups in total. The van der Waals surface area contributed by atoms with Crippen LogP contribution in [-0.2, 0) is 16.4 Å². The van der Waals surface area contributed by atoms with E-state index in [0.717, 1.165) is 35.8 Å². The Kier molecular flexibility index (Phi) is 5.27. The molecule has 28 heavy (non-hydrogen) atoms. The van der Waals surface area contributed by atoms with E-state index >= 15 is 0 Å². The molecule has 4 nitrogen and oxygen atoms in total. The quantitative estimate of drug-likeness (QED) is 0.337. The second kappa shape index (κ2) is 7.84. The predicted octanol–water partition coefficient (Wildman–Crippen LogP) is 6.14. The van der Waals surface area contributed by atoms with Gasteiger partial charge in [-0.1, -0.05) is 69.0 Å². The molecule has 0 radical (unpaired) electrons. The highest BCUT2D eigenvalue weighted by molar-refractivity contribution is 7.90. The molecule has 0 fully saturated rings. The Morgan fingerprint density at radius 3 is 2.36 bits per heavy atom. The summed E-state index contributed by atoms with van der Waals surface area (Å²) in [5, 5.41) is 1.76. The lowest BCUT2D eigenvalue weighted by molar-refractivity contribution is 0.496. The van der Waals surface area contributed by atoms with Crippen molar-refractivity contribution in [3.05, 3.63) is 66.6 Å². The van der Waals surface area contributed by atoms with Gasteiger partial charge in [0.05, 0.1) is 10.4 Å². The van der Waals surface area contributed by atoms with Crippen LogP contribution in [0.3, 0.4) is 0 Å². The minimum atomic E-state index is -3.72. The molecule has 2 heterocycles. The van der Waals surface area contributed by atoms with Crippen molar-refractivity contribution in [1.29, 1.82) is 0 Å². The van der Waals surface area contributed by atoms with Gasteiger partial charge in [-0.05, 0) is 24.6 Å². The first-order chi connectivity index (χ1) is 13.6. The zero-order valence-corrected chi connectivity index (χ0v) is 16.9. The largest absolute Gasteiger partial charge is 0.466 e. The highest BCUT2D eigenvalue weighted by Gasteiger charge is 2.26. The summed E-state index contributed by atoms with van der Waals surface area (Å²) in [6.45, 7) is 2.20. The van der Waals surface area contributed by atoms with Crippen molar-refractivity contribution in [1.82, 2.24) is 3.97 Å². The van der Waals surface area contributed by atoms with Gasteiger partial charge in [0, 0.05) is 17.2 Å². The van der Waals surface area contributed by atoms with Gasteiger partial charge in [0.15, 0.2) is 0 Å². The average Bonchev–Trinajstić information content (AvgIpc) is 3.27. The maximum Gasteiger partial charge on any atom is 0.268 e. The molecule has 0 aliphatic carbocycles. The summed E-state index contributed by atoms with van der Waals surface area (Å²) in [5.74, 6) is 0.752. The van der Waals surface area contributed by atoms with Crippen LogP contribution < -0.4 is 0 Å². The standard InChI is InChI=1S/C23H25NO3S/c1-2-3-4-5-9-16-22-23-20(17-27-22)19-14-10-11-15-21(19)24(23)28(25,26)18-12-7-6-8-13-18/h6-8,10-15,17H,2-5,9,16H2,1H3. The average molecular weight is 396 g/mol. The third-order valence-electron chi connectivity index (χ3n) is 5.24. The Morgan fingerprint density at radius 2 is 1.57 bits per heavy atom. The number of benzene rings is 2. The van der Waals surface area contributed by atoms with Gasteiger partial charge in [0.2, 0.25) is 0 Å². The zero-order chi connectivity index (χ0) is 19.6. The molecule has 4 rings (SSSR count). The molecule has 0 spiro atoms. The fourth-order valence-electron chi connectivity index (χ4n) is 3.82. The molecule has 0 amide bonds. The van der Waals surface area contributed by atoms with Gasteiger partial charge in [0.1, 0.15) is 17.5 Å². The number of hydrogen-bond acceptors (Lipinski definition) is 3. The van der Waals surface area contributed by atoms with Crippen molar-refractivity contribution in [2.24, 2.45) is 0 Å². The fraction of sp³-hybridized carbons (Fsp3) is 0.304. The Bertz CT molecular complexity index is 1190. The van der Waals surface area contributed by atoms with E-state index in [2.05, 4.69) is 6.92 Å². The second-order valence-electron chi connectivity index (χ2n) is 7.19. The number of para-hydroxylation sites is 1. The Labute approximate surface area is 165 Å². The molecule has 2 aromatic carbocycles. The summed E-state index contributed by atoms with van der Waals surface area (Å²) in [6, 6.07) is 16.2. The molecular weight excluding hydrogens is 370 g/mol. The molecular formula is C23H25NO3S. The van der Waals surface area contributed by atoms with Gasteiger partial charge >= 0.3 is 0 Å². The number of fused-ring (bicyclic) bond motifs is 3. The number of hydrogen-bond donors (Lipinski definition) is 0. The highest BCUT2D eigenvalue weighted by Crippen LogP contribution is 2.36. The molecule has 0 saturated carbocycles. The normalized spacial score (nSPS) is 12.2. The van der Waals surface area contributed by atoms with Crippen LogP contribution in [0.1, 0.15) is 44.8 Å². The number of rotatable bonds is 8. The topological polar surface area (TPSA) is 52.2 Å². The van der Waals surface area contributed by atoms with Gasteiger partial charge in [-0.15, -0.1) is 0 Å². The van der Waals surface area contributed by atoms with Crippen LogP contribution in [0.15, 0.2) is 70.2 Å². The van der Waals surface area contributed by atoms with E-state index in [1.165, 1.54) is 23.2 Å². The predicted molar refractivity (Wildman–Crippen MR) is 113 cm³/mol. The maximum absolute atomic E-state index is 13.5. The third kappa shape index (κ3) is 3.24. The van der Waals surface area contributed by atoms with Crippen molar-refractivity contribution >= 4 is 31.8 Å². The van der Waals surface area contributed by atoms with E-state index in [4.69, 9.17) is 4.42 Å². The first-order valence-corrected chi connectivity index (χ1v) is 11.4. The van der Waals surface area contributed by atoms with E-state index < -0.39 is 10.0 Å². The lowest BCUT2D eigenvalue weighted by Crippen LogP contribution is -2.13. The van der Waals surface area contributed by atoms with Gasteiger partial charge < -0.3 is 4.42 Å². The lowest BCUT2D eigenvalue weighted by Gasteiger charge is -2.10. The molecule has 0 saturated heterocycles. The van der Waals surface area contributed by atoms with Gasteiger partial charge in [-0.25, -0.2) is 12.4 Å². The van der Waals surface area contributed by atoms with Crippen molar-refractivity contribution < 1.29 is 12.8 Å². The Morgan fingerprint density at radius 1 is 0.857 bits per heavy atom. The highest BCUT2D eigenvalue weighted by atomic mass is 32.2. The molecule has 0 bridgehead atoms. The first kappa shape index (κ1) is 18.8. The molecule has 0 unspecified atom stereocenters. The lowest BCUT2D eigenvalue weighted by atomic mass is 10.1. The fourth-order valence-corrected chi connectivity index (χ4v) is 5.39. The summed E-state index contributed by atoms with van der Waals surface area (Å²) >= 11 is 0. The molecule has 0 aliphatic heterocycles. The molecule has 0 atom stereocenters. The van der Waals surface area contributed by atoms with Crippen molar-refractivity contribution in [2.75, 3.05) is 0 Å². The van der Waals surface area contributed by atoms with E-state index in [-0.39, 0.29) is 4.90 Å². The number of furan rings is 1. The van der Waals surface area contributed by atoms with Crippen LogP contribution in [0.2, 0.25) is 0 Å². The van der Waals surface area contributed by atoms with Gasteiger partial charge in [-0.3, -0.25) is 0 Å². The third-order valence-corrected chi connectivity index (χ3v) is 6.97. The summed E-state index contributed by atoms with van der Waals surface area (Å²) < 4.78 is 34.3. The Hall–Kier alpha value is -2.53. The van der Waals surface area contributed by atoms with Crippen LogP contribution in [-0.4, -0.2) is 12.4 Å². The summed E-state index contributed by atoms with van der Waals surface area (Å²) in [4.78, 5) is 0.285. The van der Waals surface area contributed by atoms with Gasteiger partial charge in [0.25, 0.3) is 10.0 Å². The van der Waals surface area contributed by atoms with Crippen LogP contribution in [0, 0.1) is 0 Å². The smallest absolute Gasteiger partial charge is 0.268 e. The van der Waals surface area contributed by atoms with Crippen LogP contribution in [0.25, 0.3) is 21.8 Å². The van der Waals surface area contributed by atoms with Crippen molar-refractivity contribution in [3.63, 3.8) is 0 Å². The zero-order valence-electron chi connectivity index (χ0n) is 16.1. The number of nitrogens with zero attached hydrogens (tertiary/aromatic N) is 1. The van der Waals surface area contributed by atoms with Crippen LogP contribution >= 0.6 is 0 Å². The van der Waals surface area contributed by atoms with Gasteiger partial charge in [-0.2, -0.15) is 0 Å². The first-order valence-electron chi connectivity index (χ1n) is 9.94. The van der Waals surface area contributed by atoms with E-state index in [1.54, 1.807) is 30.5 Å². The molecule has 4 aromatic rings. The van der Waals surface area contributed by atoms with E-state index in [1.807, 2.05) is 30.3 Å². The Balaban J connectivity index is 1.85. The monoisotopic (exact) mass is 395 g/mol. The molecule has 2 aromatic heterocycles. The van der Waals surface area contributed by atoms with Crippen LogP contribution in [0.4, 0.5) is 0 Å². The summed E-state index contributed by atoms with van der Waals surface area (Å²) in [6.07, 6.45) is 8.21. The summed E-state index contributed by atoms with van der Waals surface area (Å²) in [5.41, 5.74) is 1.37. The second-order valence-corrected chi connectivity index (χ2v) is 8.97. The number of unbranched alkanes of at least 4 members (excludes halogenated alkanes) is 4. The number of aromatic nitrogens is 1. The molecule has 0 aliphatic rings. The minimum Gasteiger partial charge on any atom is -0.466 e.